The van der Waals surface area contributed by atoms with Crippen LogP contribution in [0.5, 0.6) is 0 Å². The molecule has 1 N–H and O–H groups in total. The number of carbonyl (C=O) groups is 3. The molecule has 8 nitrogen and oxygen atoms in total. The van der Waals surface area contributed by atoms with Crippen molar-refractivity contribution >= 4 is 28.7 Å². The van der Waals surface area contributed by atoms with Crippen LogP contribution in [0, 0.1) is 17.3 Å². The van der Waals surface area contributed by atoms with Crippen molar-refractivity contribution in [2.45, 2.75) is 45.6 Å². The third-order valence-corrected chi connectivity index (χ3v) is 7.62. The van der Waals surface area contributed by atoms with E-state index in [0.29, 0.717) is 36.8 Å². The van der Waals surface area contributed by atoms with Crippen molar-refractivity contribution in [1.82, 2.24) is 20.1 Å². The Hall–Kier alpha value is -2.90. The average molecular weight is 439 g/mol. The second-order valence-electron chi connectivity index (χ2n) is 9.86. The Morgan fingerprint density at radius 3 is 2.78 bits per heavy atom. The summed E-state index contributed by atoms with van der Waals surface area (Å²) in [4.78, 5) is 45.4. The van der Waals surface area contributed by atoms with Crippen LogP contribution >= 0.6 is 0 Å². The van der Waals surface area contributed by atoms with Crippen LogP contribution in [0.2, 0.25) is 0 Å². The van der Waals surface area contributed by atoms with Crippen LogP contribution in [0.15, 0.2) is 28.9 Å². The summed E-state index contributed by atoms with van der Waals surface area (Å²) in [7, 11) is 0. The van der Waals surface area contributed by atoms with Crippen molar-refractivity contribution in [3.05, 3.63) is 30.3 Å². The van der Waals surface area contributed by atoms with Gasteiger partial charge in [-0.1, -0.05) is 0 Å². The highest BCUT2D eigenvalue weighted by atomic mass is 16.3. The predicted molar refractivity (Wildman–Crippen MR) is 118 cm³/mol. The van der Waals surface area contributed by atoms with E-state index in [9.17, 15) is 14.4 Å². The van der Waals surface area contributed by atoms with Crippen molar-refractivity contribution < 1.29 is 18.8 Å². The van der Waals surface area contributed by atoms with Crippen LogP contribution in [0.4, 0.5) is 0 Å². The van der Waals surface area contributed by atoms with Crippen molar-refractivity contribution in [1.29, 1.82) is 0 Å². The maximum atomic E-state index is 12.9. The number of rotatable bonds is 5. The SMILES string of the molecule is CC(C)N1CC(C(=O)N2CCC3(CC2)CC3CNC(=O)c2cc3ccncc3o2)CC1=O. The molecule has 170 valence electrons. The number of nitrogens with zero attached hydrogens (tertiary/aromatic N) is 3. The van der Waals surface area contributed by atoms with Gasteiger partial charge in [-0.3, -0.25) is 19.4 Å². The van der Waals surface area contributed by atoms with Crippen LogP contribution in [-0.2, 0) is 9.59 Å². The molecule has 2 saturated heterocycles. The number of pyridine rings is 1. The Balaban J connectivity index is 1.10. The lowest BCUT2D eigenvalue weighted by atomic mass is 9.90. The summed E-state index contributed by atoms with van der Waals surface area (Å²) in [6.07, 6.45) is 6.64. The minimum absolute atomic E-state index is 0.0885. The first-order chi connectivity index (χ1) is 15.4. The number of piperidine rings is 1. The molecule has 0 radical (unpaired) electrons. The molecule has 2 unspecified atom stereocenters. The number of carbonyl (C=O) groups excluding carboxylic acids is 3. The van der Waals surface area contributed by atoms with Gasteiger partial charge in [0.2, 0.25) is 11.8 Å². The van der Waals surface area contributed by atoms with Crippen molar-refractivity contribution in [2.75, 3.05) is 26.2 Å². The van der Waals surface area contributed by atoms with Gasteiger partial charge in [-0.2, -0.15) is 0 Å². The molecule has 5 rings (SSSR count). The zero-order chi connectivity index (χ0) is 22.5. The summed E-state index contributed by atoms with van der Waals surface area (Å²) in [6.45, 7) is 6.64. The van der Waals surface area contributed by atoms with Crippen LogP contribution in [0.25, 0.3) is 11.0 Å². The highest BCUT2D eigenvalue weighted by molar-refractivity contribution is 5.95. The standard InChI is InChI=1S/C24H30N4O4/c1-15(2)28-14-17(10-21(28)29)23(31)27-7-4-24(5-8-27)11-18(24)12-26-22(30)19-9-16-3-6-25-13-20(16)32-19/h3,6,9,13,15,17-18H,4-5,7-8,10-12,14H2,1-2H3,(H,26,30). The van der Waals surface area contributed by atoms with Crippen LogP contribution in [0.3, 0.4) is 0 Å². The molecule has 3 amide bonds. The highest BCUT2D eigenvalue weighted by Crippen LogP contribution is 2.59. The van der Waals surface area contributed by atoms with Gasteiger partial charge in [0, 0.05) is 50.2 Å². The number of hydrogen-bond donors (Lipinski definition) is 1. The maximum Gasteiger partial charge on any atom is 0.287 e. The molecule has 2 atom stereocenters. The Morgan fingerprint density at radius 2 is 2.09 bits per heavy atom. The molecular formula is C24H30N4O4. The zero-order valence-electron chi connectivity index (χ0n) is 18.7. The summed E-state index contributed by atoms with van der Waals surface area (Å²) in [6, 6.07) is 3.71. The molecule has 3 aliphatic rings. The van der Waals surface area contributed by atoms with Gasteiger partial charge in [0.15, 0.2) is 11.3 Å². The molecule has 1 saturated carbocycles. The number of hydrogen-bond acceptors (Lipinski definition) is 5. The molecule has 1 aliphatic carbocycles. The molecule has 8 heteroatoms. The van der Waals surface area contributed by atoms with E-state index in [-0.39, 0.29) is 35.1 Å². The van der Waals surface area contributed by atoms with Crippen LogP contribution in [-0.4, -0.2) is 64.7 Å². The third kappa shape index (κ3) is 3.76. The van der Waals surface area contributed by atoms with Gasteiger partial charge in [-0.25, -0.2) is 0 Å². The van der Waals surface area contributed by atoms with Crippen molar-refractivity contribution in [3.63, 3.8) is 0 Å². The minimum Gasteiger partial charge on any atom is -0.449 e. The number of aromatic nitrogens is 1. The maximum absolute atomic E-state index is 12.9. The van der Waals surface area contributed by atoms with E-state index < -0.39 is 0 Å². The van der Waals surface area contributed by atoms with Crippen molar-refractivity contribution in [3.8, 4) is 0 Å². The molecular weight excluding hydrogens is 408 g/mol. The number of fused-ring (bicyclic) bond motifs is 1. The first kappa shape index (κ1) is 21.0. The van der Waals surface area contributed by atoms with Gasteiger partial charge in [-0.15, -0.1) is 0 Å². The number of furan rings is 1. The zero-order valence-corrected chi connectivity index (χ0v) is 18.7. The van der Waals surface area contributed by atoms with E-state index in [0.717, 1.165) is 37.7 Å². The van der Waals surface area contributed by atoms with Gasteiger partial charge >= 0.3 is 0 Å². The summed E-state index contributed by atoms with van der Waals surface area (Å²) in [5.74, 6) is 0.569. The lowest BCUT2D eigenvalue weighted by Gasteiger charge is -2.34. The second kappa shape index (κ2) is 7.90. The average Bonchev–Trinajstić information content (AvgIpc) is 3.12. The number of nitrogens with one attached hydrogen (secondary N) is 1. The largest absolute Gasteiger partial charge is 0.449 e. The van der Waals surface area contributed by atoms with Crippen LogP contribution < -0.4 is 5.32 Å². The fraction of sp³-hybridized carbons (Fsp3) is 0.583. The molecule has 3 fully saturated rings. The van der Waals surface area contributed by atoms with E-state index in [1.807, 2.05) is 29.7 Å². The molecule has 0 aromatic carbocycles. The van der Waals surface area contributed by atoms with Gasteiger partial charge in [0.1, 0.15) is 0 Å². The molecule has 2 aliphatic heterocycles. The summed E-state index contributed by atoms with van der Waals surface area (Å²) in [5.41, 5.74) is 0.843. The number of amides is 3. The summed E-state index contributed by atoms with van der Waals surface area (Å²) < 4.78 is 5.59. The van der Waals surface area contributed by atoms with E-state index >= 15 is 0 Å². The van der Waals surface area contributed by atoms with E-state index in [1.54, 1.807) is 18.5 Å². The minimum atomic E-state index is -0.202. The monoisotopic (exact) mass is 438 g/mol. The quantitative estimate of drug-likeness (QED) is 0.774. The predicted octanol–water partition coefficient (Wildman–Crippen LogP) is 2.44. The van der Waals surface area contributed by atoms with Crippen molar-refractivity contribution in [2.24, 2.45) is 17.3 Å². The Kier molecular flexibility index (Phi) is 5.18. The molecule has 32 heavy (non-hydrogen) atoms. The lowest BCUT2D eigenvalue weighted by molar-refractivity contribution is -0.137. The lowest BCUT2D eigenvalue weighted by Crippen LogP contribution is -2.44. The normalized spacial score (nSPS) is 24.5. The molecule has 1 spiro atoms. The summed E-state index contributed by atoms with van der Waals surface area (Å²) in [5, 5.41) is 3.88. The molecule has 4 heterocycles. The fourth-order valence-electron chi connectivity index (χ4n) is 5.46. The highest BCUT2D eigenvalue weighted by Gasteiger charge is 2.55. The van der Waals surface area contributed by atoms with Gasteiger partial charge in [0.25, 0.3) is 5.91 Å². The number of likely N-dealkylation sites (tertiary alicyclic amines) is 2. The smallest absolute Gasteiger partial charge is 0.287 e. The molecule has 2 aromatic heterocycles. The van der Waals surface area contributed by atoms with Gasteiger partial charge in [-0.05, 0) is 56.6 Å². The van der Waals surface area contributed by atoms with E-state index in [4.69, 9.17) is 4.42 Å². The topological polar surface area (TPSA) is 95.8 Å². The van der Waals surface area contributed by atoms with Gasteiger partial charge < -0.3 is 19.5 Å². The fourth-order valence-corrected chi connectivity index (χ4v) is 5.46. The van der Waals surface area contributed by atoms with E-state index in [2.05, 4.69) is 10.3 Å². The van der Waals surface area contributed by atoms with Gasteiger partial charge in [0.05, 0.1) is 12.1 Å². The molecule has 0 bridgehead atoms. The Bertz CT molecular complexity index is 1020. The summed E-state index contributed by atoms with van der Waals surface area (Å²) >= 11 is 0. The van der Waals surface area contributed by atoms with Crippen LogP contribution in [0.1, 0.15) is 50.1 Å². The first-order valence-electron chi connectivity index (χ1n) is 11.6. The first-order valence-corrected chi connectivity index (χ1v) is 11.6. The Morgan fingerprint density at radius 1 is 1.31 bits per heavy atom. The van der Waals surface area contributed by atoms with E-state index in [1.165, 1.54) is 0 Å². The Labute approximate surface area is 187 Å². The molecule has 2 aromatic rings. The third-order valence-electron chi connectivity index (χ3n) is 7.62. The second-order valence-corrected chi connectivity index (χ2v) is 9.86.